The summed E-state index contributed by atoms with van der Waals surface area (Å²) < 4.78 is 0. The van der Waals surface area contributed by atoms with Crippen molar-refractivity contribution >= 4 is 11.6 Å². The van der Waals surface area contributed by atoms with Crippen LogP contribution in [0.25, 0.3) is 0 Å². The number of aryl methyl sites for hydroxylation is 1. The first-order valence-electron chi connectivity index (χ1n) is 6.52. The summed E-state index contributed by atoms with van der Waals surface area (Å²) in [7, 11) is 0. The van der Waals surface area contributed by atoms with Gasteiger partial charge in [0, 0.05) is 12.2 Å². The normalized spacial score (nSPS) is 16.5. The van der Waals surface area contributed by atoms with Crippen molar-refractivity contribution in [1.82, 2.24) is 5.32 Å². The number of anilines is 1. The first-order chi connectivity index (χ1) is 8.66. The molecule has 98 valence electrons. The number of hydrogen-bond donors (Lipinski definition) is 3. The number of nitrogens with one attached hydrogen (secondary N) is 2. The zero-order valence-electron chi connectivity index (χ0n) is 10.8. The van der Waals surface area contributed by atoms with Gasteiger partial charge in [0.05, 0.1) is 5.56 Å². The topological polar surface area (TPSA) is 67.2 Å². The van der Waals surface area contributed by atoms with Crippen LogP contribution in [-0.2, 0) is 0 Å². The maximum atomic E-state index is 11.4. The maximum absolute atomic E-state index is 11.4. The molecule has 0 aromatic heterocycles. The summed E-state index contributed by atoms with van der Waals surface area (Å²) in [6.07, 6.45) is 2.37. The van der Waals surface area contributed by atoms with E-state index in [0.717, 1.165) is 30.9 Å². The van der Waals surface area contributed by atoms with Crippen molar-refractivity contribution in [1.29, 1.82) is 0 Å². The smallest absolute Gasteiger partial charge is 0.250 e. The number of rotatable bonds is 4. The van der Waals surface area contributed by atoms with Gasteiger partial charge in [-0.25, -0.2) is 0 Å². The predicted molar refractivity (Wildman–Crippen MR) is 73.8 cm³/mol. The third-order valence-corrected chi connectivity index (χ3v) is 3.48. The van der Waals surface area contributed by atoms with E-state index >= 15 is 0 Å². The fraction of sp³-hybridized carbons (Fsp3) is 0.500. The minimum absolute atomic E-state index is 0.372. The molecular formula is C14H21N3O. The first-order valence-corrected chi connectivity index (χ1v) is 6.52. The van der Waals surface area contributed by atoms with Gasteiger partial charge in [-0.1, -0.05) is 6.07 Å². The van der Waals surface area contributed by atoms with Crippen molar-refractivity contribution in [3.63, 3.8) is 0 Å². The van der Waals surface area contributed by atoms with Gasteiger partial charge in [0.15, 0.2) is 0 Å². The Bertz CT molecular complexity index is 425. The summed E-state index contributed by atoms with van der Waals surface area (Å²) >= 11 is 0. The van der Waals surface area contributed by atoms with Gasteiger partial charge >= 0.3 is 0 Å². The maximum Gasteiger partial charge on any atom is 0.250 e. The molecule has 1 aromatic carbocycles. The summed E-state index contributed by atoms with van der Waals surface area (Å²) in [4.78, 5) is 11.4. The van der Waals surface area contributed by atoms with Gasteiger partial charge in [-0.15, -0.1) is 0 Å². The van der Waals surface area contributed by atoms with E-state index in [1.54, 1.807) is 6.07 Å². The van der Waals surface area contributed by atoms with E-state index in [9.17, 15) is 4.79 Å². The summed E-state index contributed by atoms with van der Waals surface area (Å²) in [5.41, 5.74) is 7.96. The first kappa shape index (κ1) is 12.9. The Morgan fingerprint density at radius 3 is 2.83 bits per heavy atom. The summed E-state index contributed by atoms with van der Waals surface area (Å²) in [5.74, 6) is 0.301. The molecule has 1 aliphatic heterocycles. The highest BCUT2D eigenvalue weighted by Gasteiger charge is 2.14. The van der Waals surface area contributed by atoms with E-state index < -0.39 is 0 Å². The lowest BCUT2D eigenvalue weighted by Crippen LogP contribution is -2.31. The third kappa shape index (κ3) is 3.23. The molecule has 0 bridgehead atoms. The summed E-state index contributed by atoms with van der Waals surface area (Å²) in [5, 5.41) is 6.73. The predicted octanol–water partition coefficient (Wildman–Crippen LogP) is 1.51. The van der Waals surface area contributed by atoms with Crippen molar-refractivity contribution in [2.24, 2.45) is 11.7 Å². The Hall–Kier alpha value is -1.55. The number of carbonyl (C=O) groups excluding carboxylic acids is 1. The molecule has 4 N–H and O–H groups in total. The van der Waals surface area contributed by atoms with Crippen LogP contribution in [-0.4, -0.2) is 25.5 Å². The molecule has 1 saturated heterocycles. The molecule has 0 spiro atoms. The van der Waals surface area contributed by atoms with E-state index in [4.69, 9.17) is 5.73 Å². The van der Waals surface area contributed by atoms with Crippen LogP contribution >= 0.6 is 0 Å². The van der Waals surface area contributed by atoms with Crippen molar-refractivity contribution in [3.8, 4) is 0 Å². The Balaban J connectivity index is 2.03. The number of piperidine rings is 1. The fourth-order valence-corrected chi connectivity index (χ4v) is 2.36. The van der Waals surface area contributed by atoms with Gasteiger partial charge in [-0.3, -0.25) is 4.79 Å². The van der Waals surface area contributed by atoms with Crippen LogP contribution in [0.2, 0.25) is 0 Å². The van der Waals surface area contributed by atoms with Gasteiger partial charge in [0.25, 0.3) is 5.91 Å². The van der Waals surface area contributed by atoms with Crippen LogP contribution in [0, 0.1) is 12.8 Å². The van der Waals surface area contributed by atoms with Crippen LogP contribution in [0.5, 0.6) is 0 Å². The largest absolute Gasteiger partial charge is 0.384 e. The fourth-order valence-electron chi connectivity index (χ4n) is 2.36. The van der Waals surface area contributed by atoms with Crippen LogP contribution < -0.4 is 16.4 Å². The monoisotopic (exact) mass is 247 g/mol. The number of nitrogens with two attached hydrogens (primary N) is 1. The molecule has 1 aliphatic rings. The molecule has 4 nitrogen and oxygen atoms in total. The molecule has 1 aromatic rings. The van der Waals surface area contributed by atoms with Gasteiger partial charge in [-0.05, 0) is 56.5 Å². The standard InChI is InChI=1S/C14H21N3O/c1-10-2-3-12(14(15)18)13(8-10)17-9-11-4-6-16-7-5-11/h2-3,8,11,16-17H,4-7,9H2,1H3,(H2,15,18). The SMILES string of the molecule is Cc1ccc(C(N)=O)c(NCC2CCNCC2)c1. The van der Waals surface area contributed by atoms with E-state index in [0.29, 0.717) is 11.5 Å². The van der Waals surface area contributed by atoms with Crippen LogP contribution in [0.1, 0.15) is 28.8 Å². The van der Waals surface area contributed by atoms with Crippen molar-refractivity contribution < 1.29 is 4.79 Å². The molecule has 0 atom stereocenters. The van der Waals surface area contributed by atoms with Crippen molar-refractivity contribution in [2.75, 3.05) is 25.0 Å². The number of primary amides is 1. The highest BCUT2D eigenvalue weighted by atomic mass is 16.1. The van der Waals surface area contributed by atoms with Crippen LogP contribution in [0.15, 0.2) is 18.2 Å². The molecule has 2 rings (SSSR count). The molecule has 0 unspecified atom stereocenters. The number of hydrogen-bond acceptors (Lipinski definition) is 3. The Morgan fingerprint density at radius 1 is 1.44 bits per heavy atom. The Labute approximate surface area is 108 Å². The quantitative estimate of drug-likeness (QED) is 0.755. The molecular weight excluding hydrogens is 226 g/mol. The number of amides is 1. The highest BCUT2D eigenvalue weighted by molar-refractivity contribution is 5.98. The van der Waals surface area contributed by atoms with E-state index in [1.807, 2.05) is 19.1 Å². The molecule has 1 heterocycles. The molecule has 18 heavy (non-hydrogen) atoms. The second kappa shape index (κ2) is 5.87. The zero-order chi connectivity index (χ0) is 13.0. The third-order valence-electron chi connectivity index (χ3n) is 3.48. The highest BCUT2D eigenvalue weighted by Crippen LogP contribution is 2.19. The lowest BCUT2D eigenvalue weighted by atomic mass is 9.98. The molecule has 0 radical (unpaired) electrons. The zero-order valence-corrected chi connectivity index (χ0v) is 10.8. The molecule has 0 saturated carbocycles. The lowest BCUT2D eigenvalue weighted by Gasteiger charge is -2.23. The van der Waals surface area contributed by atoms with Crippen LogP contribution in [0.3, 0.4) is 0 Å². The summed E-state index contributed by atoms with van der Waals surface area (Å²) in [6.45, 7) is 5.09. The average molecular weight is 247 g/mol. The van der Waals surface area contributed by atoms with Gasteiger partial charge in [-0.2, -0.15) is 0 Å². The molecule has 0 aliphatic carbocycles. The lowest BCUT2D eigenvalue weighted by molar-refractivity contribution is 0.100. The Kier molecular flexibility index (Phi) is 4.20. The minimum atomic E-state index is -0.372. The van der Waals surface area contributed by atoms with E-state index in [-0.39, 0.29) is 5.91 Å². The second-order valence-electron chi connectivity index (χ2n) is 4.99. The average Bonchev–Trinajstić information content (AvgIpc) is 2.37. The van der Waals surface area contributed by atoms with E-state index in [1.165, 1.54) is 12.8 Å². The van der Waals surface area contributed by atoms with Gasteiger partial charge < -0.3 is 16.4 Å². The Morgan fingerprint density at radius 2 is 2.17 bits per heavy atom. The summed E-state index contributed by atoms with van der Waals surface area (Å²) in [6, 6.07) is 5.69. The van der Waals surface area contributed by atoms with Crippen molar-refractivity contribution in [2.45, 2.75) is 19.8 Å². The number of carbonyl (C=O) groups is 1. The molecule has 1 fully saturated rings. The van der Waals surface area contributed by atoms with Crippen molar-refractivity contribution in [3.05, 3.63) is 29.3 Å². The van der Waals surface area contributed by atoms with Gasteiger partial charge in [0.2, 0.25) is 0 Å². The van der Waals surface area contributed by atoms with Crippen LogP contribution in [0.4, 0.5) is 5.69 Å². The molecule has 4 heteroatoms. The number of benzene rings is 1. The minimum Gasteiger partial charge on any atom is -0.384 e. The molecule has 1 amide bonds. The van der Waals surface area contributed by atoms with E-state index in [2.05, 4.69) is 10.6 Å². The second-order valence-corrected chi connectivity index (χ2v) is 4.99. The van der Waals surface area contributed by atoms with Gasteiger partial charge in [0.1, 0.15) is 0 Å².